The maximum Gasteiger partial charge on any atom is 0.163 e. The number of halogens is 2. The molecule has 1 unspecified atom stereocenters. The lowest BCUT2D eigenvalue weighted by atomic mass is 9.69. The predicted octanol–water partition coefficient (Wildman–Crippen LogP) is 4.75. The van der Waals surface area contributed by atoms with Crippen molar-refractivity contribution in [1.29, 1.82) is 0 Å². The molecule has 1 atom stereocenters. The van der Waals surface area contributed by atoms with Gasteiger partial charge in [0.25, 0.3) is 0 Å². The summed E-state index contributed by atoms with van der Waals surface area (Å²) in [6, 6.07) is 13.8. The summed E-state index contributed by atoms with van der Waals surface area (Å²) in [5.74, 6) is 0.158. The van der Waals surface area contributed by atoms with E-state index in [0.29, 0.717) is 23.0 Å². The minimum Gasteiger partial charge on any atom is -0.299 e. The fourth-order valence-corrected chi connectivity index (χ4v) is 4.78. The van der Waals surface area contributed by atoms with Crippen molar-refractivity contribution in [3.63, 3.8) is 0 Å². The molecular weight excluding hydrogens is 403 g/mol. The van der Waals surface area contributed by atoms with Crippen LogP contribution in [-0.2, 0) is 22.2 Å². The number of hydrogen-bond donors (Lipinski definition) is 1. The van der Waals surface area contributed by atoms with Crippen molar-refractivity contribution in [2.45, 2.75) is 31.2 Å². The summed E-state index contributed by atoms with van der Waals surface area (Å²) in [7, 11) is 0. The number of hydrogen-bond acceptors (Lipinski definition) is 3. The molecule has 4 rings (SSSR count). The van der Waals surface area contributed by atoms with Gasteiger partial charge in [-0.1, -0.05) is 79.5 Å². The van der Waals surface area contributed by atoms with E-state index in [2.05, 4.69) is 54.4 Å². The highest BCUT2D eigenvalue weighted by Crippen LogP contribution is 2.39. The van der Waals surface area contributed by atoms with Gasteiger partial charge in [0.05, 0.1) is 10.0 Å². The number of benzene rings is 2. The largest absolute Gasteiger partial charge is 0.299 e. The monoisotopic (exact) mass is 428 g/mol. The second kappa shape index (κ2) is 7.88. The average molecular weight is 429 g/mol. The molecule has 0 aliphatic carbocycles. The number of carbonyl (C=O) groups is 1. The fraction of sp³-hybridized carbons (Fsp3) is 0.375. The van der Waals surface area contributed by atoms with E-state index < -0.39 is 5.54 Å². The molecule has 29 heavy (non-hydrogen) atoms. The Hall–Kier alpha value is -1.65. The number of Topliss-reactive ketones (excluding diaryl/α,β-unsaturated/α-hetero) is 1. The summed E-state index contributed by atoms with van der Waals surface area (Å²) in [6.07, 6.45) is 4.63. The second-order valence-corrected chi connectivity index (χ2v) is 9.52. The normalized spacial score (nSPS) is 23.2. The Kier molecular flexibility index (Phi) is 5.60. The molecule has 0 spiro atoms. The van der Waals surface area contributed by atoms with E-state index in [0.717, 1.165) is 30.8 Å². The van der Waals surface area contributed by atoms with Gasteiger partial charge in [0.1, 0.15) is 5.54 Å². The number of fused-ring (bicyclic) bond motifs is 1. The molecule has 5 heteroatoms. The van der Waals surface area contributed by atoms with Crippen molar-refractivity contribution < 1.29 is 4.79 Å². The van der Waals surface area contributed by atoms with Gasteiger partial charge in [-0.05, 0) is 28.8 Å². The highest BCUT2D eigenvalue weighted by atomic mass is 35.5. The first-order chi connectivity index (χ1) is 13.8. The van der Waals surface area contributed by atoms with Crippen molar-refractivity contribution in [1.82, 2.24) is 10.2 Å². The lowest BCUT2D eigenvalue weighted by Crippen LogP contribution is -2.62. The van der Waals surface area contributed by atoms with Crippen LogP contribution in [0.4, 0.5) is 0 Å². The van der Waals surface area contributed by atoms with E-state index in [-0.39, 0.29) is 11.2 Å². The summed E-state index contributed by atoms with van der Waals surface area (Å²) in [5, 5.41) is 4.66. The molecule has 2 aromatic carbocycles. The van der Waals surface area contributed by atoms with E-state index in [4.69, 9.17) is 23.2 Å². The standard InChI is InChI=1S/C24H26Cl2N2O/c1-23(2)15-27-24(16-28-11-5-6-12-28,19-8-4-3-7-18(19)23)22(29)14-17-9-10-20(25)21(26)13-17/h3-10,13,27H,11-12,14-16H2,1-2H3. The Morgan fingerprint density at radius 3 is 2.41 bits per heavy atom. The molecule has 0 radical (unpaired) electrons. The van der Waals surface area contributed by atoms with Gasteiger partial charge >= 0.3 is 0 Å². The zero-order chi connectivity index (χ0) is 20.6. The topological polar surface area (TPSA) is 32.3 Å². The molecule has 1 N–H and O–H groups in total. The highest BCUT2D eigenvalue weighted by molar-refractivity contribution is 6.42. The van der Waals surface area contributed by atoms with Crippen LogP contribution >= 0.6 is 23.2 Å². The maximum atomic E-state index is 13.9. The molecule has 2 aliphatic rings. The first kappa shape index (κ1) is 20.6. The van der Waals surface area contributed by atoms with Gasteiger partial charge in [-0.2, -0.15) is 0 Å². The quantitative estimate of drug-likeness (QED) is 0.697. The number of ketones is 1. The molecule has 2 heterocycles. The molecule has 0 bridgehead atoms. The Morgan fingerprint density at radius 1 is 1.03 bits per heavy atom. The molecule has 152 valence electrons. The van der Waals surface area contributed by atoms with E-state index in [1.807, 2.05) is 12.1 Å². The number of carbonyl (C=O) groups excluding carboxylic acids is 1. The van der Waals surface area contributed by atoms with E-state index in [1.54, 1.807) is 12.1 Å². The summed E-state index contributed by atoms with van der Waals surface area (Å²) >= 11 is 12.3. The first-order valence-corrected chi connectivity index (χ1v) is 10.8. The molecule has 0 aromatic heterocycles. The fourth-order valence-electron chi connectivity index (χ4n) is 4.46. The summed E-state index contributed by atoms with van der Waals surface area (Å²) < 4.78 is 0. The van der Waals surface area contributed by atoms with Crippen LogP contribution in [0.3, 0.4) is 0 Å². The van der Waals surface area contributed by atoms with Crippen LogP contribution < -0.4 is 5.32 Å². The van der Waals surface area contributed by atoms with Crippen LogP contribution in [0, 0.1) is 0 Å². The molecule has 0 saturated heterocycles. The first-order valence-electron chi connectivity index (χ1n) is 10.0. The Labute approximate surface area is 182 Å². The van der Waals surface area contributed by atoms with Gasteiger partial charge in [-0.25, -0.2) is 0 Å². The van der Waals surface area contributed by atoms with E-state index in [1.165, 1.54) is 5.56 Å². The number of nitrogens with one attached hydrogen (secondary N) is 1. The zero-order valence-corrected chi connectivity index (χ0v) is 18.4. The zero-order valence-electron chi connectivity index (χ0n) is 16.8. The van der Waals surface area contributed by atoms with Crippen molar-refractivity contribution in [2.75, 3.05) is 26.2 Å². The van der Waals surface area contributed by atoms with Crippen LogP contribution in [0.15, 0.2) is 54.6 Å². The van der Waals surface area contributed by atoms with Crippen LogP contribution in [0.5, 0.6) is 0 Å². The Morgan fingerprint density at radius 2 is 1.72 bits per heavy atom. The van der Waals surface area contributed by atoms with Crippen molar-refractivity contribution in [3.8, 4) is 0 Å². The molecule has 0 saturated carbocycles. The van der Waals surface area contributed by atoms with Gasteiger partial charge in [0.15, 0.2) is 5.78 Å². The summed E-state index contributed by atoms with van der Waals surface area (Å²) in [5.41, 5.74) is 2.44. The molecular formula is C24H26Cl2N2O. The maximum absolute atomic E-state index is 13.9. The van der Waals surface area contributed by atoms with Gasteiger partial charge in [0, 0.05) is 38.0 Å². The Balaban J connectivity index is 1.75. The van der Waals surface area contributed by atoms with E-state index in [9.17, 15) is 4.79 Å². The predicted molar refractivity (Wildman–Crippen MR) is 120 cm³/mol. The molecule has 0 amide bonds. The molecule has 0 fully saturated rings. The van der Waals surface area contributed by atoms with Gasteiger partial charge < -0.3 is 0 Å². The van der Waals surface area contributed by atoms with Crippen LogP contribution in [0.25, 0.3) is 0 Å². The third kappa shape index (κ3) is 3.89. The lowest BCUT2D eigenvalue weighted by Gasteiger charge is -2.47. The molecule has 3 nitrogen and oxygen atoms in total. The van der Waals surface area contributed by atoms with Crippen molar-refractivity contribution >= 4 is 29.0 Å². The Bertz CT molecular complexity index is 961. The summed E-state index contributed by atoms with van der Waals surface area (Å²) in [4.78, 5) is 16.2. The SMILES string of the molecule is CC1(C)CNC(CN2CC=CC2)(C(=O)Cc2ccc(Cl)c(Cl)c2)c2ccccc21. The van der Waals surface area contributed by atoms with Crippen LogP contribution in [0.1, 0.15) is 30.5 Å². The molecule has 2 aromatic rings. The smallest absolute Gasteiger partial charge is 0.163 e. The van der Waals surface area contributed by atoms with Crippen molar-refractivity contribution in [3.05, 3.63) is 81.4 Å². The summed E-state index contributed by atoms with van der Waals surface area (Å²) in [6.45, 7) is 7.59. The van der Waals surface area contributed by atoms with Crippen LogP contribution in [0.2, 0.25) is 10.0 Å². The third-order valence-corrected chi connectivity index (χ3v) is 6.87. The minimum atomic E-state index is -0.746. The third-order valence-electron chi connectivity index (χ3n) is 6.13. The van der Waals surface area contributed by atoms with Crippen molar-refractivity contribution in [2.24, 2.45) is 0 Å². The van der Waals surface area contributed by atoms with E-state index >= 15 is 0 Å². The highest BCUT2D eigenvalue weighted by Gasteiger charge is 2.48. The lowest BCUT2D eigenvalue weighted by molar-refractivity contribution is -0.126. The minimum absolute atomic E-state index is 0.0345. The van der Waals surface area contributed by atoms with Gasteiger partial charge in [-0.15, -0.1) is 0 Å². The average Bonchev–Trinajstić information content (AvgIpc) is 3.20. The van der Waals surface area contributed by atoms with Gasteiger partial charge in [0.2, 0.25) is 0 Å². The van der Waals surface area contributed by atoms with Gasteiger partial charge in [-0.3, -0.25) is 15.0 Å². The van der Waals surface area contributed by atoms with Crippen LogP contribution in [-0.4, -0.2) is 36.9 Å². The number of nitrogens with zero attached hydrogens (tertiary/aromatic N) is 1. The second-order valence-electron chi connectivity index (χ2n) is 8.70. The molecule has 2 aliphatic heterocycles. The number of rotatable bonds is 5.